The first-order valence-electron chi connectivity index (χ1n) is 11.3. The minimum Gasteiger partial charge on any atom is -0.444 e. The van der Waals surface area contributed by atoms with E-state index >= 15 is 0 Å². The van der Waals surface area contributed by atoms with Crippen molar-refractivity contribution in [2.75, 3.05) is 5.32 Å². The number of ether oxygens (including phenoxy) is 1. The number of ketones is 1. The molecule has 1 aliphatic rings. The van der Waals surface area contributed by atoms with Crippen molar-refractivity contribution in [3.63, 3.8) is 0 Å². The second-order valence-electron chi connectivity index (χ2n) is 9.76. The van der Waals surface area contributed by atoms with Crippen LogP contribution in [0.15, 0.2) is 48.5 Å². The molecule has 0 bridgehead atoms. The maximum atomic E-state index is 12.6. The molecule has 0 aliphatic heterocycles. The van der Waals surface area contributed by atoms with Crippen LogP contribution >= 0.6 is 22.9 Å². The van der Waals surface area contributed by atoms with Gasteiger partial charge in [0, 0.05) is 10.4 Å². The van der Waals surface area contributed by atoms with Gasteiger partial charge in [0.15, 0.2) is 0 Å². The van der Waals surface area contributed by atoms with Gasteiger partial charge in [-0.25, -0.2) is 4.79 Å². The van der Waals surface area contributed by atoms with Crippen molar-refractivity contribution >= 4 is 46.4 Å². The van der Waals surface area contributed by atoms with Crippen LogP contribution in [0.1, 0.15) is 56.5 Å². The van der Waals surface area contributed by atoms with Crippen LogP contribution in [0.2, 0.25) is 4.34 Å². The first kappa shape index (κ1) is 24.9. The van der Waals surface area contributed by atoms with Crippen LogP contribution in [0.3, 0.4) is 0 Å². The molecule has 0 spiro atoms. The average Bonchev–Trinajstić information content (AvgIpc) is 3.48. The number of amides is 2. The molecule has 0 saturated heterocycles. The number of thiophene rings is 1. The fraction of sp³-hybridized carbons (Fsp3) is 0.296. The Labute approximate surface area is 213 Å². The SMILES string of the molecule is CC(=O)C1(c2ccc(-c3ccc(-c4sc(Cl)cc4C(N)=O)cc3NC(=O)OC(C)(C)C)cc2)CC1. The zero-order valence-electron chi connectivity index (χ0n) is 20.0. The van der Waals surface area contributed by atoms with Crippen molar-refractivity contribution in [3.8, 4) is 21.6 Å². The maximum absolute atomic E-state index is 12.6. The van der Waals surface area contributed by atoms with Crippen LogP contribution in [0.4, 0.5) is 10.5 Å². The summed E-state index contributed by atoms with van der Waals surface area (Å²) in [4.78, 5) is 37.3. The standard InChI is InChI=1S/C27H27ClN2O4S/c1-15(31)27(11-12-27)18-8-5-16(6-9-18)19-10-7-17(23-20(24(29)32)14-22(28)35-23)13-21(19)30-25(33)34-26(2,3)4/h5-10,13-14H,11-12H2,1-4H3,(H2,29,32)(H,30,33). The summed E-state index contributed by atoms with van der Waals surface area (Å²) in [6.07, 6.45) is 1.14. The second kappa shape index (κ2) is 9.13. The van der Waals surface area contributed by atoms with Gasteiger partial charge >= 0.3 is 6.09 Å². The number of benzene rings is 2. The number of Topliss-reactive ketones (excluding diaryl/α,β-unsaturated/α-hetero) is 1. The molecule has 3 N–H and O–H groups in total. The lowest BCUT2D eigenvalue weighted by Gasteiger charge is -2.21. The third-order valence-electron chi connectivity index (χ3n) is 6.06. The highest BCUT2D eigenvalue weighted by Crippen LogP contribution is 2.49. The van der Waals surface area contributed by atoms with Crippen LogP contribution in [-0.2, 0) is 14.9 Å². The largest absolute Gasteiger partial charge is 0.444 e. The number of nitrogens with two attached hydrogens (primary N) is 1. The van der Waals surface area contributed by atoms with Gasteiger partial charge in [-0.15, -0.1) is 11.3 Å². The maximum Gasteiger partial charge on any atom is 0.412 e. The summed E-state index contributed by atoms with van der Waals surface area (Å²) in [5, 5.41) is 2.85. The third kappa shape index (κ3) is 5.26. The third-order valence-corrected chi connectivity index (χ3v) is 7.37. The average molecular weight is 511 g/mol. The number of carbonyl (C=O) groups is 3. The van der Waals surface area contributed by atoms with Crippen LogP contribution in [0.25, 0.3) is 21.6 Å². The van der Waals surface area contributed by atoms with Crippen LogP contribution in [0, 0.1) is 0 Å². The van der Waals surface area contributed by atoms with Crippen molar-refractivity contribution in [2.45, 2.75) is 51.6 Å². The van der Waals surface area contributed by atoms with E-state index in [0.717, 1.165) is 29.5 Å². The molecule has 0 radical (unpaired) electrons. The number of nitrogens with one attached hydrogen (secondary N) is 1. The number of halogens is 1. The molecule has 0 unspecified atom stereocenters. The summed E-state index contributed by atoms with van der Waals surface area (Å²) in [6, 6.07) is 14.9. The summed E-state index contributed by atoms with van der Waals surface area (Å²) >= 11 is 7.40. The highest BCUT2D eigenvalue weighted by atomic mass is 35.5. The molecule has 2 aromatic carbocycles. The lowest BCUT2D eigenvalue weighted by atomic mass is 9.90. The van der Waals surface area contributed by atoms with Crippen molar-refractivity contribution < 1.29 is 19.1 Å². The molecular formula is C27H27ClN2O4S. The molecule has 3 aromatic rings. The summed E-state index contributed by atoms with van der Waals surface area (Å²) in [6.45, 7) is 7.01. The van der Waals surface area contributed by atoms with E-state index in [-0.39, 0.29) is 11.2 Å². The Kier molecular flexibility index (Phi) is 6.51. The van der Waals surface area contributed by atoms with Gasteiger partial charge in [-0.3, -0.25) is 14.9 Å². The highest BCUT2D eigenvalue weighted by Gasteiger charge is 2.48. The van der Waals surface area contributed by atoms with Crippen LogP contribution in [0.5, 0.6) is 0 Å². The fourth-order valence-corrected chi connectivity index (χ4v) is 5.38. The van der Waals surface area contributed by atoms with E-state index in [9.17, 15) is 14.4 Å². The first-order chi connectivity index (χ1) is 16.4. The Morgan fingerprint density at radius 1 is 1.03 bits per heavy atom. The minimum absolute atomic E-state index is 0.182. The number of hydrogen-bond acceptors (Lipinski definition) is 5. The van der Waals surface area contributed by atoms with E-state index in [4.69, 9.17) is 22.1 Å². The molecule has 1 saturated carbocycles. The summed E-state index contributed by atoms with van der Waals surface area (Å²) in [7, 11) is 0. The van der Waals surface area contributed by atoms with E-state index in [1.54, 1.807) is 39.8 Å². The van der Waals surface area contributed by atoms with E-state index in [0.29, 0.717) is 26.0 Å². The van der Waals surface area contributed by atoms with Crippen molar-refractivity contribution in [3.05, 3.63) is 64.0 Å². The van der Waals surface area contributed by atoms with E-state index in [1.807, 2.05) is 36.4 Å². The van der Waals surface area contributed by atoms with Gasteiger partial charge in [-0.1, -0.05) is 48.0 Å². The Bertz CT molecular complexity index is 1320. The molecule has 182 valence electrons. The smallest absolute Gasteiger partial charge is 0.412 e. The Hall–Kier alpha value is -3.16. The van der Waals surface area contributed by atoms with Gasteiger partial charge in [-0.05, 0) is 69.4 Å². The molecular weight excluding hydrogens is 484 g/mol. The van der Waals surface area contributed by atoms with E-state index < -0.39 is 17.6 Å². The normalized spacial score (nSPS) is 14.3. The molecule has 1 fully saturated rings. The van der Waals surface area contributed by atoms with Crippen molar-refractivity contribution in [2.24, 2.45) is 5.73 Å². The molecule has 35 heavy (non-hydrogen) atoms. The minimum atomic E-state index is -0.671. The van der Waals surface area contributed by atoms with Gasteiger partial charge in [0.2, 0.25) is 5.91 Å². The molecule has 1 aliphatic carbocycles. The summed E-state index contributed by atoms with van der Waals surface area (Å²) in [5.74, 6) is -0.398. The number of primary amides is 1. The van der Waals surface area contributed by atoms with Crippen LogP contribution < -0.4 is 11.1 Å². The van der Waals surface area contributed by atoms with Gasteiger partial charge in [-0.2, -0.15) is 0 Å². The topological polar surface area (TPSA) is 98.5 Å². The lowest BCUT2D eigenvalue weighted by Crippen LogP contribution is -2.27. The van der Waals surface area contributed by atoms with Gasteiger partial charge in [0.1, 0.15) is 11.4 Å². The van der Waals surface area contributed by atoms with E-state index in [1.165, 1.54) is 11.3 Å². The monoisotopic (exact) mass is 510 g/mol. The Balaban J connectivity index is 1.76. The first-order valence-corrected chi connectivity index (χ1v) is 12.4. The van der Waals surface area contributed by atoms with Gasteiger partial charge < -0.3 is 10.5 Å². The number of anilines is 1. The zero-order valence-corrected chi connectivity index (χ0v) is 21.6. The molecule has 2 amide bonds. The number of carbonyl (C=O) groups excluding carboxylic acids is 3. The number of hydrogen-bond donors (Lipinski definition) is 2. The number of rotatable bonds is 6. The van der Waals surface area contributed by atoms with Gasteiger partial charge in [0.25, 0.3) is 0 Å². The quantitative estimate of drug-likeness (QED) is 0.381. The van der Waals surface area contributed by atoms with Crippen molar-refractivity contribution in [1.82, 2.24) is 0 Å². The lowest BCUT2D eigenvalue weighted by molar-refractivity contribution is -0.119. The zero-order chi connectivity index (χ0) is 25.5. The molecule has 0 atom stereocenters. The predicted octanol–water partition coefficient (Wildman–Crippen LogP) is 6.80. The summed E-state index contributed by atoms with van der Waals surface area (Å²) < 4.78 is 5.90. The molecule has 1 heterocycles. The molecule has 6 nitrogen and oxygen atoms in total. The molecule has 4 rings (SSSR count). The fourth-order valence-electron chi connectivity index (χ4n) is 4.15. The summed E-state index contributed by atoms with van der Waals surface area (Å²) in [5.41, 5.74) is 8.67. The van der Waals surface area contributed by atoms with Gasteiger partial charge in [0.05, 0.1) is 21.0 Å². The second-order valence-corrected chi connectivity index (χ2v) is 11.4. The highest BCUT2D eigenvalue weighted by molar-refractivity contribution is 7.19. The van der Waals surface area contributed by atoms with Crippen molar-refractivity contribution in [1.29, 1.82) is 0 Å². The Morgan fingerprint density at radius 2 is 1.66 bits per heavy atom. The molecule has 1 aromatic heterocycles. The van der Waals surface area contributed by atoms with E-state index in [2.05, 4.69) is 5.32 Å². The molecule has 8 heteroatoms. The predicted molar refractivity (Wildman–Crippen MR) is 140 cm³/mol. The van der Waals surface area contributed by atoms with Crippen LogP contribution in [-0.4, -0.2) is 23.4 Å². The Morgan fingerprint density at radius 3 is 2.20 bits per heavy atom.